The molecule has 0 aliphatic rings. The summed E-state index contributed by atoms with van der Waals surface area (Å²) in [5.74, 6) is -1.70. The molecule has 0 aliphatic heterocycles. The third-order valence-electron chi connectivity index (χ3n) is 2.13. The van der Waals surface area contributed by atoms with Crippen LogP contribution in [0.1, 0.15) is 23.9 Å². The third kappa shape index (κ3) is 4.13. The Morgan fingerprint density at radius 1 is 1.39 bits per heavy atom. The van der Waals surface area contributed by atoms with Crippen molar-refractivity contribution in [3.8, 4) is 0 Å². The summed E-state index contributed by atoms with van der Waals surface area (Å²) in [6, 6.07) is 2.23. The highest BCUT2D eigenvalue weighted by Crippen LogP contribution is 2.13. The highest BCUT2D eigenvalue weighted by atomic mass is 32.2. The third-order valence-corrected chi connectivity index (χ3v) is 3.46. The predicted molar refractivity (Wildman–Crippen MR) is 64.0 cm³/mol. The minimum atomic E-state index is -3.77. The molecule has 3 N–H and O–H groups in total. The summed E-state index contributed by atoms with van der Waals surface area (Å²) < 4.78 is 30.4. The summed E-state index contributed by atoms with van der Waals surface area (Å²) in [4.78, 5) is 10.6. The summed E-state index contributed by atoms with van der Waals surface area (Å²) >= 11 is 0. The van der Waals surface area contributed by atoms with E-state index in [1.54, 1.807) is 0 Å². The van der Waals surface area contributed by atoms with Gasteiger partial charge in [-0.15, -0.1) is 0 Å². The number of sulfonamides is 1. The van der Waals surface area contributed by atoms with E-state index in [0.717, 1.165) is 18.7 Å². The maximum atomic E-state index is 11.7. The lowest BCUT2D eigenvalue weighted by atomic mass is 10.4. The Hall–Kier alpha value is -1.38. The minimum Gasteiger partial charge on any atom is -0.475 e. The van der Waals surface area contributed by atoms with Gasteiger partial charge in [-0.1, -0.05) is 6.92 Å². The molecule has 0 amide bonds. The van der Waals surface area contributed by atoms with Crippen LogP contribution in [-0.4, -0.2) is 39.1 Å². The molecule has 0 fully saturated rings. The smallest absolute Gasteiger partial charge is 0.371 e. The highest BCUT2D eigenvalue weighted by molar-refractivity contribution is 7.89. The van der Waals surface area contributed by atoms with E-state index < -0.39 is 21.8 Å². The first-order valence-corrected chi connectivity index (χ1v) is 6.99. The fourth-order valence-corrected chi connectivity index (χ4v) is 2.25. The van der Waals surface area contributed by atoms with Crippen LogP contribution >= 0.6 is 0 Å². The van der Waals surface area contributed by atoms with Crippen LogP contribution in [0.25, 0.3) is 0 Å². The second kappa shape index (κ2) is 6.53. The lowest BCUT2D eigenvalue weighted by Crippen LogP contribution is -2.27. The Morgan fingerprint density at radius 2 is 2.11 bits per heavy atom. The maximum absolute atomic E-state index is 11.7. The second-order valence-corrected chi connectivity index (χ2v) is 5.23. The highest BCUT2D eigenvalue weighted by Gasteiger charge is 2.20. The van der Waals surface area contributed by atoms with Crippen LogP contribution in [-0.2, 0) is 10.0 Å². The van der Waals surface area contributed by atoms with Gasteiger partial charge in [-0.2, -0.15) is 0 Å². The number of carboxylic acids is 1. The molecule has 1 aromatic rings. The molecular formula is C10H16N2O5S. The first kappa shape index (κ1) is 14.7. The Kier molecular flexibility index (Phi) is 5.32. The van der Waals surface area contributed by atoms with Crippen molar-refractivity contribution in [2.24, 2.45) is 0 Å². The molecule has 102 valence electrons. The molecule has 7 nitrogen and oxygen atoms in total. The Morgan fingerprint density at radius 3 is 2.67 bits per heavy atom. The van der Waals surface area contributed by atoms with E-state index in [4.69, 9.17) is 9.52 Å². The van der Waals surface area contributed by atoms with Crippen LogP contribution in [0.3, 0.4) is 0 Å². The molecule has 0 saturated heterocycles. The Balaban J connectivity index is 2.54. The summed E-state index contributed by atoms with van der Waals surface area (Å²) in [5, 5.41) is 11.3. The second-order valence-electron chi connectivity index (χ2n) is 3.53. The van der Waals surface area contributed by atoms with E-state index in [1.807, 2.05) is 6.92 Å². The van der Waals surface area contributed by atoms with Crippen molar-refractivity contribution in [2.75, 3.05) is 19.6 Å². The number of nitrogens with one attached hydrogen (secondary N) is 2. The number of aromatic carboxylic acids is 1. The van der Waals surface area contributed by atoms with Gasteiger partial charge < -0.3 is 14.8 Å². The molecule has 0 saturated carbocycles. The van der Waals surface area contributed by atoms with Gasteiger partial charge in [0.25, 0.3) is 10.0 Å². The molecule has 0 bridgehead atoms. The SMILES string of the molecule is CCNCCCNS(=O)(=O)c1ccc(C(=O)O)o1. The van der Waals surface area contributed by atoms with Crippen molar-refractivity contribution in [3.63, 3.8) is 0 Å². The number of furan rings is 1. The standard InChI is InChI=1S/C10H16N2O5S/c1-2-11-6-3-7-12-18(15,16)9-5-4-8(17-9)10(13)14/h4-5,11-12H,2-3,6-7H2,1H3,(H,13,14). The zero-order chi connectivity index (χ0) is 13.6. The van der Waals surface area contributed by atoms with Crippen LogP contribution in [0.2, 0.25) is 0 Å². The van der Waals surface area contributed by atoms with Crippen LogP contribution in [0.4, 0.5) is 0 Å². The van der Waals surface area contributed by atoms with Gasteiger partial charge in [0.15, 0.2) is 0 Å². The van der Waals surface area contributed by atoms with Gasteiger partial charge in [-0.05, 0) is 31.6 Å². The van der Waals surface area contributed by atoms with Gasteiger partial charge in [-0.3, -0.25) is 0 Å². The van der Waals surface area contributed by atoms with Crippen LogP contribution in [0.5, 0.6) is 0 Å². The largest absolute Gasteiger partial charge is 0.475 e. The van der Waals surface area contributed by atoms with E-state index in [1.165, 1.54) is 0 Å². The lowest BCUT2D eigenvalue weighted by Gasteiger charge is -2.04. The molecule has 0 radical (unpaired) electrons. The van der Waals surface area contributed by atoms with Gasteiger partial charge in [0.2, 0.25) is 10.9 Å². The molecule has 1 rings (SSSR count). The average molecular weight is 276 g/mol. The molecule has 0 spiro atoms. The minimum absolute atomic E-state index is 0.262. The fraction of sp³-hybridized carbons (Fsp3) is 0.500. The van der Waals surface area contributed by atoms with Gasteiger partial charge in [-0.25, -0.2) is 17.9 Å². The Labute approximate surface area is 105 Å². The molecule has 0 aromatic carbocycles. The summed E-state index contributed by atoms with van der Waals surface area (Å²) in [5.41, 5.74) is 0. The van der Waals surface area contributed by atoms with Crippen LogP contribution in [0, 0.1) is 0 Å². The number of carboxylic acid groups (broad SMARTS) is 1. The van der Waals surface area contributed by atoms with Crippen molar-refractivity contribution in [1.82, 2.24) is 10.0 Å². The molecule has 8 heteroatoms. The van der Waals surface area contributed by atoms with Gasteiger partial charge in [0.1, 0.15) is 0 Å². The van der Waals surface area contributed by atoms with E-state index in [2.05, 4.69) is 10.0 Å². The summed E-state index contributed by atoms with van der Waals surface area (Å²) in [7, 11) is -3.77. The molecule has 18 heavy (non-hydrogen) atoms. The molecule has 1 aromatic heterocycles. The number of rotatable bonds is 8. The number of carbonyl (C=O) groups is 1. The first-order valence-electron chi connectivity index (χ1n) is 5.51. The topological polar surface area (TPSA) is 109 Å². The van der Waals surface area contributed by atoms with E-state index in [9.17, 15) is 13.2 Å². The van der Waals surface area contributed by atoms with E-state index in [-0.39, 0.29) is 11.6 Å². The average Bonchev–Trinajstić information content (AvgIpc) is 2.78. The molecule has 0 aliphatic carbocycles. The Bertz CT molecular complexity index is 494. The molecule has 1 heterocycles. The van der Waals surface area contributed by atoms with E-state index in [0.29, 0.717) is 13.0 Å². The zero-order valence-corrected chi connectivity index (χ0v) is 10.8. The number of hydrogen-bond donors (Lipinski definition) is 3. The normalized spacial score (nSPS) is 11.6. The molecular weight excluding hydrogens is 260 g/mol. The van der Waals surface area contributed by atoms with Gasteiger partial charge >= 0.3 is 5.97 Å². The fourth-order valence-electron chi connectivity index (χ4n) is 1.25. The predicted octanol–water partition coefficient (Wildman–Crippen LogP) is 0.256. The van der Waals surface area contributed by atoms with Gasteiger partial charge in [0.05, 0.1) is 0 Å². The van der Waals surface area contributed by atoms with Crippen molar-refractivity contribution in [2.45, 2.75) is 18.4 Å². The summed E-state index contributed by atoms with van der Waals surface area (Å²) in [6.07, 6.45) is 0.638. The molecule has 0 atom stereocenters. The van der Waals surface area contributed by atoms with Gasteiger partial charge in [0, 0.05) is 6.54 Å². The monoisotopic (exact) mass is 276 g/mol. The zero-order valence-electron chi connectivity index (χ0n) is 9.97. The maximum Gasteiger partial charge on any atom is 0.371 e. The van der Waals surface area contributed by atoms with Crippen LogP contribution in [0.15, 0.2) is 21.6 Å². The van der Waals surface area contributed by atoms with E-state index >= 15 is 0 Å². The number of hydrogen-bond acceptors (Lipinski definition) is 5. The summed E-state index contributed by atoms with van der Waals surface area (Å²) in [6.45, 7) is 3.75. The van der Waals surface area contributed by atoms with Crippen molar-refractivity contribution < 1.29 is 22.7 Å². The van der Waals surface area contributed by atoms with Crippen molar-refractivity contribution in [1.29, 1.82) is 0 Å². The lowest BCUT2D eigenvalue weighted by molar-refractivity contribution is 0.0656. The van der Waals surface area contributed by atoms with Crippen molar-refractivity contribution >= 4 is 16.0 Å². The molecule has 0 unspecified atom stereocenters. The van der Waals surface area contributed by atoms with Crippen LogP contribution < -0.4 is 10.0 Å². The first-order chi connectivity index (χ1) is 8.47. The quantitative estimate of drug-likeness (QED) is 0.587. The van der Waals surface area contributed by atoms with Crippen molar-refractivity contribution in [3.05, 3.63) is 17.9 Å².